The lowest BCUT2D eigenvalue weighted by molar-refractivity contribution is -0.107. The van der Waals surface area contributed by atoms with E-state index >= 15 is 0 Å². The van der Waals surface area contributed by atoms with E-state index in [1.54, 1.807) is 6.92 Å². The topological polar surface area (TPSA) is 55.4 Å². The van der Waals surface area contributed by atoms with Gasteiger partial charge in [-0.15, -0.1) is 0 Å². The molecule has 1 N–H and O–H groups in total. The Morgan fingerprint density at radius 2 is 2.40 bits per heavy atom. The zero-order valence-electron chi connectivity index (χ0n) is 5.72. The van der Waals surface area contributed by atoms with Crippen LogP contribution < -0.4 is 5.32 Å². The second-order valence-electron chi connectivity index (χ2n) is 1.64. The molecule has 4 nitrogen and oxygen atoms in total. The third-order valence-corrected chi connectivity index (χ3v) is 0.597. The van der Waals surface area contributed by atoms with E-state index in [-0.39, 0.29) is 6.54 Å². The van der Waals surface area contributed by atoms with Crippen LogP contribution in [0.25, 0.3) is 0 Å². The highest BCUT2D eigenvalue weighted by Gasteiger charge is 1.98. The molecule has 0 aromatic heterocycles. The molecule has 0 rings (SSSR count). The average molecular weight is 143 g/mol. The quantitative estimate of drug-likeness (QED) is 0.461. The van der Waals surface area contributed by atoms with E-state index in [9.17, 15) is 9.59 Å². The molecule has 1 amide bonds. The van der Waals surface area contributed by atoms with Crippen molar-refractivity contribution in [3.63, 3.8) is 0 Å². The normalized spacial score (nSPS) is 8.10. The summed E-state index contributed by atoms with van der Waals surface area (Å²) in [5.41, 5.74) is 0. The molecule has 0 atom stereocenters. The van der Waals surface area contributed by atoms with Gasteiger partial charge < -0.3 is 14.8 Å². The molecule has 0 saturated carbocycles. The fourth-order valence-electron chi connectivity index (χ4n) is 0.319. The lowest BCUT2D eigenvalue weighted by Crippen LogP contribution is -2.25. The standard InChI is InChI=1S/C6H9NO3/c1-5(2)10-6(9)7-3-4-8/h4H,1,3H2,2H3,(H,7,9). The van der Waals surface area contributed by atoms with Crippen molar-refractivity contribution in [1.82, 2.24) is 5.32 Å². The minimum absolute atomic E-state index is 0.0356. The summed E-state index contributed by atoms with van der Waals surface area (Å²) < 4.78 is 4.45. The largest absolute Gasteiger partial charge is 0.416 e. The number of aldehydes is 1. The van der Waals surface area contributed by atoms with Gasteiger partial charge in [0.1, 0.15) is 6.29 Å². The second-order valence-corrected chi connectivity index (χ2v) is 1.64. The summed E-state index contributed by atoms with van der Waals surface area (Å²) in [6.07, 6.45) is -0.0840. The molecule has 10 heavy (non-hydrogen) atoms. The van der Waals surface area contributed by atoms with Gasteiger partial charge in [-0.1, -0.05) is 6.58 Å². The number of nitrogens with one attached hydrogen (secondary N) is 1. The van der Waals surface area contributed by atoms with Crippen LogP contribution in [0.3, 0.4) is 0 Å². The molecule has 0 aliphatic rings. The first-order valence-electron chi connectivity index (χ1n) is 2.71. The fourth-order valence-corrected chi connectivity index (χ4v) is 0.319. The van der Waals surface area contributed by atoms with Crippen molar-refractivity contribution in [3.8, 4) is 0 Å². The van der Waals surface area contributed by atoms with Crippen LogP contribution >= 0.6 is 0 Å². The van der Waals surface area contributed by atoms with Crippen LogP contribution in [-0.2, 0) is 9.53 Å². The highest BCUT2D eigenvalue weighted by atomic mass is 16.6. The number of hydrogen-bond donors (Lipinski definition) is 1. The van der Waals surface area contributed by atoms with Gasteiger partial charge in [0.25, 0.3) is 0 Å². The Hall–Kier alpha value is -1.32. The highest BCUT2D eigenvalue weighted by molar-refractivity contribution is 5.71. The van der Waals surface area contributed by atoms with Gasteiger partial charge in [-0.05, 0) is 6.92 Å². The van der Waals surface area contributed by atoms with Gasteiger partial charge in [-0.2, -0.15) is 0 Å². The highest BCUT2D eigenvalue weighted by Crippen LogP contribution is 1.88. The number of rotatable bonds is 3. The number of allylic oxidation sites excluding steroid dienone is 1. The number of alkyl carbamates (subject to hydrolysis) is 1. The van der Waals surface area contributed by atoms with E-state index in [0.29, 0.717) is 12.0 Å². The number of ether oxygens (including phenoxy) is 1. The van der Waals surface area contributed by atoms with Gasteiger partial charge in [0.2, 0.25) is 0 Å². The van der Waals surface area contributed by atoms with Crippen molar-refractivity contribution in [3.05, 3.63) is 12.3 Å². The van der Waals surface area contributed by atoms with E-state index in [0.717, 1.165) is 0 Å². The number of amides is 1. The van der Waals surface area contributed by atoms with E-state index in [2.05, 4.69) is 16.6 Å². The summed E-state index contributed by atoms with van der Waals surface area (Å²) in [5.74, 6) is 0.295. The van der Waals surface area contributed by atoms with Crippen molar-refractivity contribution in [2.45, 2.75) is 6.92 Å². The molecular weight excluding hydrogens is 134 g/mol. The van der Waals surface area contributed by atoms with Crippen LogP contribution in [0.4, 0.5) is 4.79 Å². The average Bonchev–Trinajstić information content (AvgIpc) is 1.82. The Morgan fingerprint density at radius 1 is 1.80 bits per heavy atom. The Morgan fingerprint density at radius 3 is 2.80 bits per heavy atom. The van der Waals surface area contributed by atoms with Gasteiger partial charge in [0, 0.05) is 0 Å². The third kappa shape index (κ3) is 4.83. The molecular formula is C6H9NO3. The predicted octanol–water partition coefficient (Wildman–Crippen LogP) is 0.445. The van der Waals surface area contributed by atoms with Crippen molar-refractivity contribution >= 4 is 12.4 Å². The summed E-state index contributed by atoms with van der Waals surface area (Å²) in [7, 11) is 0. The number of carbonyl (C=O) groups is 2. The molecule has 0 radical (unpaired) electrons. The molecule has 0 aromatic carbocycles. The van der Waals surface area contributed by atoms with Crippen LogP contribution in [0.2, 0.25) is 0 Å². The lowest BCUT2D eigenvalue weighted by atomic mass is 10.6. The first-order valence-corrected chi connectivity index (χ1v) is 2.71. The van der Waals surface area contributed by atoms with E-state index in [1.165, 1.54) is 0 Å². The predicted molar refractivity (Wildman–Crippen MR) is 35.4 cm³/mol. The molecule has 0 aliphatic heterocycles. The third-order valence-electron chi connectivity index (χ3n) is 0.597. The van der Waals surface area contributed by atoms with E-state index in [4.69, 9.17) is 0 Å². The maximum Gasteiger partial charge on any atom is 0.412 e. The Bertz CT molecular complexity index is 153. The van der Waals surface area contributed by atoms with Crippen LogP contribution in [0.1, 0.15) is 6.92 Å². The Kier molecular flexibility index (Phi) is 3.95. The molecule has 0 unspecified atom stereocenters. The van der Waals surface area contributed by atoms with Crippen LogP contribution in [0.5, 0.6) is 0 Å². The van der Waals surface area contributed by atoms with Crippen LogP contribution in [0.15, 0.2) is 12.3 Å². The lowest BCUT2D eigenvalue weighted by Gasteiger charge is -2.00. The van der Waals surface area contributed by atoms with Crippen molar-refractivity contribution in [2.24, 2.45) is 0 Å². The second kappa shape index (κ2) is 4.55. The number of hydrogen-bond acceptors (Lipinski definition) is 3. The molecule has 0 spiro atoms. The molecule has 0 bridgehead atoms. The zero-order valence-corrected chi connectivity index (χ0v) is 5.72. The maximum absolute atomic E-state index is 10.5. The van der Waals surface area contributed by atoms with Crippen LogP contribution in [-0.4, -0.2) is 18.9 Å². The monoisotopic (exact) mass is 143 g/mol. The van der Waals surface area contributed by atoms with Crippen LogP contribution in [0, 0.1) is 0 Å². The molecule has 0 heterocycles. The Balaban J connectivity index is 3.43. The first kappa shape index (κ1) is 8.68. The molecule has 0 fully saturated rings. The first-order chi connectivity index (χ1) is 4.66. The molecule has 4 heteroatoms. The molecule has 0 aliphatic carbocycles. The molecule has 0 aromatic rings. The molecule has 0 saturated heterocycles. The van der Waals surface area contributed by atoms with Gasteiger partial charge in [0.05, 0.1) is 12.3 Å². The summed E-state index contributed by atoms with van der Waals surface area (Å²) in [5, 5.41) is 2.17. The molecule has 56 valence electrons. The summed E-state index contributed by atoms with van der Waals surface area (Å²) >= 11 is 0. The minimum atomic E-state index is -0.653. The van der Waals surface area contributed by atoms with Crippen molar-refractivity contribution in [2.75, 3.05) is 6.54 Å². The van der Waals surface area contributed by atoms with Gasteiger partial charge in [0.15, 0.2) is 0 Å². The maximum atomic E-state index is 10.5. The number of carbonyl (C=O) groups excluding carboxylic acids is 2. The van der Waals surface area contributed by atoms with Crippen molar-refractivity contribution < 1.29 is 14.3 Å². The summed E-state index contributed by atoms with van der Waals surface area (Å²) in [6, 6.07) is 0. The van der Waals surface area contributed by atoms with Gasteiger partial charge >= 0.3 is 6.09 Å². The van der Waals surface area contributed by atoms with E-state index < -0.39 is 6.09 Å². The van der Waals surface area contributed by atoms with Gasteiger partial charge in [-0.25, -0.2) is 4.79 Å². The Labute approximate surface area is 58.9 Å². The van der Waals surface area contributed by atoms with E-state index in [1.807, 2.05) is 0 Å². The van der Waals surface area contributed by atoms with Crippen molar-refractivity contribution in [1.29, 1.82) is 0 Å². The zero-order chi connectivity index (χ0) is 7.98. The fraction of sp³-hybridized carbons (Fsp3) is 0.333. The minimum Gasteiger partial charge on any atom is -0.416 e. The van der Waals surface area contributed by atoms with Gasteiger partial charge in [-0.3, -0.25) is 0 Å². The summed E-state index contributed by atoms with van der Waals surface area (Å²) in [4.78, 5) is 20.2. The smallest absolute Gasteiger partial charge is 0.412 e. The SMILES string of the molecule is C=C(C)OC(=O)NCC=O. The summed E-state index contributed by atoms with van der Waals surface area (Å²) in [6.45, 7) is 4.84.